The van der Waals surface area contributed by atoms with Crippen LogP contribution in [0.1, 0.15) is 25.1 Å². The van der Waals surface area contributed by atoms with Gasteiger partial charge >= 0.3 is 0 Å². The molecule has 0 aromatic carbocycles. The van der Waals surface area contributed by atoms with E-state index in [-0.39, 0.29) is 6.04 Å². The van der Waals surface area contributed by atoms with Crippen LogP contribution in [0, 0.1) is 0 Å². The summed E-state index contributed by atoms with van der Waals surface area (Å²) >= 11 is 6.05. The molecule has 0 saturated carbocycles. The van der Waals surface area contributed by atoms with Crippen LogP contribution in [0.4, 0.5) is 5.69 Å². The van der Waals surface area contributed by atoms with E-state index in [9.17, 15) is 0 Å². The van der Waals surface area contributed by atoms with E-state index in [1.165, 1.54) is 0 Å². The lowest BCUT2D eigenvalue weighted by Crippen LogP contribution is -2.09. The van der Waals surface area contributed by atoms with Crippen molar-refractivity contribution in [3.63, 3.8) is 0 Å². The number of nitrogens with zero attached hydrogens (tertiary/aromatic N) is 1. The van der Waals surface area contributed by atoms with E-state index in [0.717, 1.165) is 17.9 Å². The smallest absolute Gasteiger partial charge is 0.125 e. The van der Waals surface area contributed by atoms with Gasteiger partial charge in [-0.3, -0.25) is 4.98 Å². The molecule has 0 saturated heterocycles. The molecule has 1 unspecified atom stereocenters. The summed E-state index contributed by atoms with van der Waals surface area (Å²) in [7, 11) is 0. The zero-order valence-electron chi connectivity index (χ0n) is 8.98. The fourth-order valence-corrected chi connectivity index (χ4v) is 1.70. The predicted molar refractivity (Wildman–Crippen MR) is 64.6 cm³/mol. The molecule has 0 bridgehead atoms. The largest absolute Gasteiger partial charge is 0.467 e. The van der Waals surface area contributed by atoms with E-state index in [2.05, 4.69) is 17.2 Å². The minimum absolute atomic E-state index is 0.122. The second-order valence-corrected chi connectivity index (χ2v) is 3.88. The van der Waals surface area contributed by atoms with Crippen molar-refractivity contribution < 1.29 is 4.42 Å². The predicted octanol–water partition coefficient (Wildman–Crippen LogP) is 3.89. The van der Waals surface area contributed by atoms with Crippen molar-refractivity contribution in [1.82, 2.24) is 4.98 Å². The van der Waals surface area contributed by atoms with Crippen molar-refractivity contribution in [2.45, 2.75) is 19.4 Å². The molecule has 1 N–H and O–H groups in total. The third-order valence-corrected chi connectivity index (χ3v) is 2.72. The normalized spacial score (nSPS) is 12.4. The van der Waals surface area contributed by atoms with Gasteiger partial charge in [-0.15, -0.1) is 0 Å². The molecule has 0 aliphatic rings. The molecule has 2 rings (SSSR count). The van der Waals surface area contributed by atoms with Gasteiger partial charge < -0.3 is 9.73 Å². The van der Waals surface area contributed by atoms with Gasteiger partial charge in [-0.1, -0.05) is 18.5 Å². The lowest BCUT2D eigenvalue weighted by molar-refractivity contribution is 0.474. The molecular formula is C12H13ClN2O. The molecule has 16 heavy (non-hydrogen) atoms. The molecule has 1 atom stereocenters. The van der Waals surface area contributed by atoms with E-state index in [0.29, 0.717) is 5.02 Å². The highest BCUT2D eigenvalue weighted by Crippen LogP contribution is 2.26. The monoisotopic (exact) mass is 236 g/mol. The zero-order chi connectivity index (χ0) is 11.4. The number of nitrogens with one attached hydrogen (secondary N) is 1. The van der Waals surface area contributed by atoms with Crippen LogP contribution in [0.2, 0.25) is 5.02 Å². The second-order valence-electron chi connectivity index (χ2n) is 3.48. The summed E-state index contributed by atoms with van der Waals surface area (Å²) in [6.45, 7) is 2.09. The topological polar surface area (TPSA) is 38.1 Å². The molecule has 84 valence electrons. The van der Waals surface area contributed by atoms with Crippen LogP contribution in [0.3, 0.4) is 0 Å². The summed E-state index contributed by atoms with van der Waals surface area (Å²) in [5.74, 6) is 0.905. The molecule has 2 aromatic heterocycles. The average molecular weight is 237 g/mol. The summed E-state index contributed by atoms with van der Waals surface area (Å²) in [5, 5.41) is 3.98. The molecule has 2 aromatic rings. The number of halogens is 1. The molecule has 0 amide bonds. The van der Waals surface area contributed by atoms with Crippen molar-refractivity contribution in [2.24, 2.45) is 0 Å². The molecule has 0 radical (unpaired) electrons. The number of pyridine rings is 1. The van der Waals surface area contributed by atoms with E-state index in [1.807, 2.05) is 12.1 Å². The average Bonchev–Trinajstić information content (AvgIpc) is 2.81. The maximum Gasteiger partial charge on any atom is 0.125 e. The van der Waals surface area contributed by atoms with Gasteiger partial charge in [-0.2, -0.15) is 0 Å². The van der Waals surface area contributed by atoms with Crippen molar-refractivity contribution in [3.05, 3.63) is 47.6 Å². The van der Waals surface area contributed by atoms with E-state index >= 15 is 0 Å². The number of rotatable bonds is 4. The Morgan fingerprint density at radius 1 is 1.50 bits per heavy atom. The van der Waals surface area contributed by atoms with Crippen molar-refractivity contribution in [1.29, 1.82) is 0 Å². The molecule has 0 fully saturated rings. The molecule has 0 aliphatic heterocycles. The third kappa shape index (κ3) is 2.36. The zero-order valence-corrected chi connectivity index (χ0v) is 9.74. The van der Waals surface area contributed by atoms with Crippen molar-refractivity contribution in [2.75, 3.05) is 5.32 Å². The number of hydrogen-bond acceptors (Lipinski definition) is 3. The Kier molecular flexibility index (Phi) is 3.47. The minimum Gasteiger partial charge on any atom is -0.467 e. The Hall–Kier alpha value is -1.48. The molecule has 3 nitrogen and oxygen atoms in total. The SMILES string of the molecule is CCC(Nc1cnccc1Cl)c1ccco1. The van der Waals surface area contributed by atoms with Gasteiger partial charge in [0.25, 0.3) is 0 Å². The van der Waals surface area contributed by atoms with E-state index < -0.39 is 0 Å². The number of aromatic nitrogens is 1. The summed E-state index contributed by atoms with van der Waals surface area (Å²) in [4.78, 5) is 4.04. The fraction of sp³-hybridized carbons (Fsp3) is 0.250. The Morgan fingerprint density at radius 3 is 3.00 bits per heavy atom. The van der Waals surface area contributed by atoms with Gasteiger partial charge in [0, 0.05) is 6.20 Å². The van der Waals surface area contributed by atoms with Crippen LogP contribution in [-0.4, -0.2) is 4.98 Å². The first-order chi connectivity index (χ1) is 7.81. The quantitative estimate of drug-likeness (QED) is 0.875. The van der Waals surface area contributed by atoms with Crippen LogP contribution in [0.15, 0.2) is 41.3 Å². The van der Waals surface area contributed by atoms with Crippen LogP contribution >= 0.6 is 11.6 Å². The van der Waals surface area contributed by atoms with Gasteiger partial charge in [-0.05, 0) is 24.6 Å². The maximum atomic E-state index is 6.05. The molecular weight excluding hydrogens is 224 g/mol. The van der Waals surface area contributed by atoms with Crippen molar-refractivity contribution >= 4 is 17.3 Å². The summed E-state index contributed by atoms with van der Waals surface area (Å²) in [6.07, 6.45) is 5.97. The van der Waals surface area contributed by atoms with Gasteiger partial charge in [0.15, 0.2) is 0 Å². The van der Waals surface area contributed by atoms with Gasteiger partial charge in [-0.25, -0.2) is 0 Å². The number of anilines is 1. The number of hydrogen-bond donors (Lipinski definition) is 1. The highest BCUT2D eigenvalue weighted by atomic mass is 35.5. The Balaban J connectivity index is 2.17. The van der Waals surface area contributed by atoms with Crippen LogP contribution in [-0.2, 0) is 0 Å². The Bertz CT molecular complexity index is 442. The molecule has 2 heterocycles. The fourth-order valence-electron chi connectivity index (χ4n) is 1.54. The molecule has 0 spiro atoms. The summed E-state index contributed by atoms with van der Waals surface area (Å²) in [6, 6.07) is 5.71. The standard InChI is InChI=1S/C12H13ClN2O/c1-2-10(12-4-3-7-16-12)15-11-8-14-6-5-9(11)13/h3-8,10,15H,2H2,1H3. The minimum atomic E-state index is 0.122. The second kappa shape index (κ2) is 5.03. The lowest BCUT2D eigenvalue weighted by Gasteiger charge is -2.16. The first-order valence-electron chi connectivity index (χ1n) is 5.20. The third-order valence-electron chi connectivity index (χ3n) is 2.39. The van der Waals surface area contributed by atoms with Gasteiger partial charge in [0.2, 0.25) is 0 Å². The molecule has 0 aliphatic carbocycles. The van der Waals surface area contributed by atoms with Gasteiger partial charge in [0.1, 0.15) is 5.76 Å². The van der Waals surface area contributed by atoms with Crippen LogP contribution in [0.5, 0.6) is 0 Å². The van der Waals surface area contributed by atoms with E-state index in [1.54, 1.807) is 24.7 Å². The molecule has 4 heteroatoms. The van der Waals surface area contributed by atoms with E-state index in [4.69, 9.17) is 16.0 Å². The van der Waals surface area contributed by atoms with Crippen LogP contribution in [0.25, 0.3) is 0 Å². The highest BCUT2D eigenvalue weighted by molar-refractivity contribution is 6.33. The highest BCUT2D eigenvalue weighted by Gasteiger charge is 2.12. The maximum absolute atomic E-state index is 6.05. The summed E-state index contributed by atoms with van der Waals surface area (Å²) in [5.41, 5.74) is 0.826. The first-order valence-corrected chi connectivity index (χ1v) is 5.58. The number of furan rings is 1. The van der Waals surface area contributed by atoms with Gasteiger partial charge in [0.05, 0.1) is 29.2 Å². The van der Waals surface area contributed by atoms with Crippen LogP contribution < -0.4 is 5.32 Å². The first kappa shape index (κ1) is 11.0. The van der Waals surface area contributed by atoms with Crippen molar-refractivity contribution in [3.8, 4) is 0 Å². The Morgan fingerprint density at radius 2 is 2.38 bits per heavy atom. The Labute approximate surface area is 99.5 Å². The lowest BCUT2D eigenvalue weighted by atomic mass is 10.1. The summed E-state index contributed by atoms with van der Waals surface area (Å²) < 4.78 is 5.37.